The molecule has 0 spiro atoms. The molecule has 0 fully saturated rings. The summed E-state index contributed by atoms with van der Waals surface area (Å²) in [7, 11) is 0. The van der Waals surface area contributed by atoms with E-state index in [0.717, 1.165) is 19.4 Å². The normalized spacial score (nSPS) is 10.5. The zero-order valence-corrected chi connectivity index (χ0v) is 9.89. The van der Waals surface area contributed by atoms with Gasteiger partial charge in [0.25, 0.3) is 0 Å². The van der Waals surface area contributed by atoms with Gasteiger partial charge in [0.15, 0.2) is 0 Å². The van der Waals surface area contributed by atoms with Crippen molar-refractivity contribution in [1.29, 1.82) is 0 Å². The van der Waals surface area contributed by atoms with Gasteiger partial charge in [-0.25, -0.2) is 4.98 Å². The van der Waals surface area contributed by atoms with Gasteiger partial charge in [-0.1, -0.05) is 34.1 Å². The van der Waals surface area contributed by atoms with Crippen LogP contribution in [0, 0.1) is 0 Å². The standard InChI is InChI=1S/C11H12BrN3/c12-11-6-2-1-4-10(11)5-3-7-15-9-13-8-14-15/h1-2,4,6,8-9H,3,5,7H2. The van der Waals surface area contributed by atoms with Crippen LogP contribution in [0.1, 0.15) is 12.0 Å². The van der Waals surface area contributed by atoms with E-state index in [1.807, 2.05) is 10.7 Å². The molecule has 2 rings (SSSR count). The summed E-state index contributed by atoms with van der Waals surface area (Å²) >= 11 is 3.54. The molecule has 0 N–H and O–H groups in total. The van der Waals surface area contributed by atoms with Gasteiger partial charge in [0.05, 0.1) is 0 Å². The lowest BCUT2D eigenvalue weighted by Crippen LogP contribution is -2.00. The summed E-state index contributed by atoms with van der Waals surface area (Å²) in [6.07, 6.45) is 5.45. The van der Waals surface area contributed by atoms with Crippen LogP contribution in [0.4, 0.5) is 0 Å². The number of rotatable bonds is 4. The maximum absolute atomic E-state index is 4.06. The van der Waals surface area contributed by atoms with Crippen molar-refractivity contribution in [3.8, 4) is 0 Å². The molecule has 0 aliphatic heterocycles. The van der Waals surface area contributed by atoms with Crippen molar-refractivity contribution in [2.75, 3.05) is 0 Å². The van der Waals surface area contributed by atoms with E-state index >= 15 is 0 Å². The average molecular weight is 266 g/mol. The van der Waals surface area contributed by atoms with Gasteiger partial charge in [-0.05, 0) is 24.5 Å². The minimum absolute atomic E-state index is 0.918. The molecular weight excluding hydrogens is 254 g/mol. The summed E-state index contributed by atoms with van der Waals surface area (Å²) in [5.74, 6) is 0. The van der Waals surface area contributed by atoms with Gasteiger partial charge in [0, 0.05) is 11.0 Å². The summed E-state index contributed by atoms with van der Waals surface area (Å²) in [5, 5.41) is 4.06. The molecule has 0 aliphatic carbocycles. The van der Waals surface area contributed by atoms with Gasteiger partial charge in [-0.2, -0.15) is 5.10 Å². The zero-order chi connectivity index (χ0) is 10.5. The van der Waals surface area contributed by atoms with Gasteiger partial charge >= 0.3 is 0 Å². The summed E-state index contributed by atoms with van der Waals surface area (Å²) in [5.41, 5.74) is 1.35. The predicted molar refractivity (Wildman–Crippen MR) is 62.5 cm³/mol. The smallest absolute Gasteiger partial charge is 0.137 e. The molecule has 0 aliphatic rings. The Hall–Kier alpha value is -1.16. The molecule has 0 unspecified atom stereocenters. The maximum Gasteiger partial charge on any atom is 0.137 e. The monoisotopic (exact) mass is 265 g/mol. The highest BCUT2D eigenvalue weighted by Gasteiger charge is 1.98. The van der Waals surface area contributed by atoms with Crippen molar-refractivity contribution in [2.45, 2.75) is 19.4 Å². The van der Waals surface area contributed by atoms with Crippen molar-refractivity contribution in [3.63, 3.8) is 0 Å². The van der Waals surface area contributed by atoms with Crippen LogP contribution in [-0.2, 0) is 13.0 Å². The van der Waals surface area contributed by atoms with Crippen molar-refractivity contribution < 1.29 is 0 Å². The lowest BCUT2D eigenvalue weighted by atomic mass is 10.1. The minimum atomic E-state index is 0.918. The minimum Gasteiger partial charge on any atom is -0.253 e. The lowest BCUT2D eigenvalue weighted by molar-refractivity contribution is 0.577. The van der Waals surface area contributed by atoms with Gasteiger partial charge in [-0.3, -0.25) is 4.68 Å². The maximum atomic E-state index is 4.06. The molecule has 0 amide bonds. The first-order valence-electron chi connectivity index (χ1n) is 4.92. The second-order valence-corrected chi connectivity index (χ2v) is 4.21. The third-order valence-corrected chi connectivity index (χ3v) is 3.03. The van der Waals surface area contributed by atoms with E-state index in [0.29, 0.717) is 0 Å². The summed E-state index contributed by atoms with van der Waals surface area (Å²) < 4.78 is 3.04. The van der Waals surface area contributed by atoms with E-state index in [-0.39, 0.29) is 0 Å². The van der Waals surface area contributed by atoms with E-state index in [9.17, 15) is 0 Å². The number of benzene rings is 1. The Balaban J connectivity index is 1.86. The van der Waals surface area contributed by atoms with Gasteiger partial charge in [0.1, 0.15) is 12.7 Å². The Bertz CT molecular complexity index is 412. The molecule has 0 atom stereocenters. The second-order valence-electron chi connectivity index (χ2n) is 3.35. The zero-order valence-electron chi connectivity index (χ0n) is 8.31. The average Bonchev–Trinajstić information content (AvgIpc) is 2.74. The van der Waals surface area contributed by atoms with E-state index in [2.05, 4.69) is 44.2 Å². The molecule has 0 saturated heterocycles. The van der Waals surface area contributed by atoms with E-state index < -0.39 is 0 Å². The van der Waals surface area contributed by atoms with Crippen LogP contribution >= 0.6 is 15.9 Å². The number of hydrogen-bond acceptors (Lipinski definition) is 2. The first-order valence-corrected chi connectivity index (χ1v) is 5.71. The third-order valence-electron chi connectivity index (χ3n) is 2.26. The molecule has 3 nitrogen and oxygen atoms in total. The Morgan fingerprint density at radius 2 is 2.13 bits per heavy atom. The first-order chi connectivity index (χ1) is 7.36. The Morgan fingerprint density at radius 3 is 2.87 bits per heavy atom. The molecule has 0 saturated carbocycles. The highest BCUT2D eigenvalue weighted by atomic mass is 79.9. The van der Waals surface area contributed by atoms with Crippen LogP contribution in [0.25, 0.3) is 0 Å². The van der Waals surface area contributed by atoms with Crippen LogP contribution < -0.4 is 0 Å². The third kappa shape index (κ3) is 2.89. The molecule has 2 aromatic rings. The van der Waals surface area contributed by atoms with Crippen LogP contribution in [0.5, 0.6) is 0 Å². The molecule has 1 aromatic heterocycles. The van der Waals surface area contributed by atoms with Crippen molar-refractivity contribution in [3.05, 3.63) is 47.0 Å². The number of aromatic nitrogens is 3. The summed E-state index contributed by atoms with van der Waals surface area (Å²) in [6.45, 7) is 0.918. The van der Waals surface area contributed by atoms with E-state index in [1.165, 1.54) is 10.0 Å². The van der Waals surface area contributed by atoms with Gasteiger partial charge in [-0.15, -0.1) is 0 Å². The van der Waals surface area contributed by atoms with Gasteiger partial charge in [0.2, 0.25) is 0 Å². The fourth-order valence-corrected chi connectivity index (χ4v) is 1.96. The molecule has 1 aromatic carbocycles. The Labute approximate surface area is 97.3 Å². The molecular formula is C11H12BrN3. The Morgan fingerprint density at radius 1 is 1.27 bits per heavy atom. The lowest BCUT2D eigenvalue weighted by Gasteiger charge is -2.03. The van der Waals surface area contributed by atoms with Crippen molar-refractivity contribution in [1.82, 2.24) is 14.8 Å². The quantitative estimate of drug-likeness (QED) is 0.851. The van der Waals surface area contributed by atoms with Crippen molar-refractivity contribution >= 4 is 15.9 Å². The predicted octanol–water partition coefficient (Wildman–Crippen LogP) is 2.67. The number of aryl methyl sites for hydroxylation is 2. The number of hydrogen-bond donors (Lipinski definition) is 0. The van der Waals surface area contributed by atoms with E-state index in [4.69, 9.17) is 0 Å². The fourth-order valence-electron chi connectivity index (χ4n) is 1.48. The fraction of sp³-hybridized carbons (Fsp3) is 0.273. The van der Waals surface area contributed by atoms with Crippen LogP contribution in [-0.4, -0.2) is 14.8 Å². The Kier molecular flexibility index (Phi) is 3.50. The largest absolute Gasteiger partial charge is 0.253 e. The SMILES string of the molecule is Brc1ccccc1CCCn1cncn1. The molecule has 1 heterocycles. The van der Waals surface area contributed by atoms with Gasteiger partial charge < -0.3 is 0 Å². The van der Waals surface area contributed by atoms with Crippen molar-refractivity contribution in [2.24, 2.45) is 0 Å². The van der Waals surface area contributed by atoms with Crippen LogP contribution in [0.15, 0.2) is 41.4 Å². The molecule has 78 valence electrons. The van der Waals surface area contributed by atoms with Crippen LogP contribution in [0.2, 0.25) is 0 Å². The first kappa shape index (κ1) is 10.4. The summed E-state index contributed by atoms with van der Waals surface area (Å²) in [6, 6.07) is 8.32. The highest BCUT2D eigenvalue weighted by molar-refractivity contribution is 9.10. The molecule has 0 radical (unpaired) electrons. The number of halogens is 1. The number of nitrogens with zero attached hydrogens (tertiary/aromatic N) is 3. The highest BCUT2D eigenvalue weighted by Crippen LogP contribution is 2.17. The molecule has 15 heavy (non-hydrogen) atoms. The topological polar surface area (TPSA) is 30.7 Å². The summed E-state index contributed by atoms with van der Waals surface area (Å²) in [4.78, 5) is 3.91. The molecule has 4 heteroatoms. The second kappa shape index (κ2) is 5.07. The van der Waals surface area contributed by atoms with E-state index in [1.54, 1.807) is 12.7 Å². The molecule has 0 bridgehead atoms. The van der Waals surface area contributed by atoms with Crippen LogP contribution in [0.3, 0.4) is 0 Å².